The molecule has 0 rings (SSSR count). The van der Waals surface area contributed by atoms with Crippen LogP contribution in [-0.2, 0) is 0 Å². The lowest BCUT2D eigenvalue weighted by Gasteiger charge is -1.95. The molecule has 0 heterocycles. The van der Waals surface area contributed by atoms with Crippen LogP contribution in [0.4, 0.5) is 0 Å². The standard InChI is InChI=1S/C8H16N2/c1-7(2)4-5-8(3)6-10-9/h4-5,10H,6,9H2,1-3H3/b8-5+. The predicted molar refractivity (Wildman–Crippen MR) is 45.4 cm³/mol. The van der Waals surface area contributed by atoms with Gasteiger partial charge in [0.25, 0.3) is 0 Å². The zero-order valence-corrected chi connectivity index (χ0v) is 6.94. The molecule has 0 bridgehead atoms. The number of hydrogen-bond acceptors (Lipinski definition) is 2. The summed E-state index contributed by atoms with van der Waals surface area (Å²) in [5, 5.41) is 0. The monoisotopic (exact) mass is 140 g/mol. The highest BCUT2D eigenvalue weighted by Crippen LogP contribution is 1.94. The molecule has 0 radical (unpaired) electrons. The SMILES string of the molecule is CC(C)=C/C=C(\C)CNN. The molecule has 0 aliphatic rings. The van der Waals surface area contributed by atoms with Gasteiger partial charge in [-0.15, -0.1) is 0 Å². The van der Waals surface area contributed by atoms with Crippen molar-refractivity contribution in [3.63, 3.8) is 0 Å². The van der Waals surface area contributed by atoms with Crippen LogP contribution in [0.15, 0.2) is 23.3 Å². The Hall–Kier alpha value is -0.600. The first-order chi connectivity index (χ1) is 4.66. The number of allylic oxidation sites excluding steroid dienone is 3. The lowest BCUT2D eigenvalue weighted by molar-refractivity contribution is 0.796. The van der Waals surface area contributed by atoms with E-state index in [0.717, 1.165) is 6.54 Å². The summed E-state index contributed by atoms with van der Waals surface area (Å²) in [7, 11) is 0. The Kier molecular flexibility index (Phi) is 4.89. The van der Waals surface area contributed by atoms with Crippen molar-refractivity contribution in [1.29, 1.82) is 0 Å². The molecule has 0 aromatic heterocycles. The molecule has 0 amide bonds. The summed E-state index contributed by atoms with van der Waals surface area (Å²) in [6.45, 7) is 6.93. The zero-order valence-electron chi connectivity index (χ0n) is 6.94. The first-order valence-electron chi connectivity index (χ1n) is 3.41. The predicted octanol–water partition coefficient (Wildman–Crippen LogP) is 1.36. The van der Waals surface area contributed by atoms with Gasteiger partial charge in [-0.3, -0.25) is 11.3 Å². The van der Waals surface area contributed by atoms with Crippen molar-refractivity contribution >= 4 is 0 Å². The fourth-order valence-corrected chi connectivity index (χ4v) is 0.529. The van der Waals surface area contributed by atoms with E-state index in [9.17, 15) is 0 Å². The minimum atomic E-state index is 0.754. The number of hydrazine groups is 1. The maximum Gasteiger partial charge on any atom is 0.0308 e. The van der Waals surface area contributed by atoms with Gasteiger partial charge in [-0.05, 0) is 20.8 Å². The average molecular weight is 140 g/mol. The van der Waals surface area contributed by atoms with Gasteiger partial charge in [-0.25, -0.2) is 0 Å². The third-order valence-electron chi connectivity index (χ3n) is 1.08. The van der Waals surface area contributed by atoms with Gasteiger partial charge in [0.05, 0.1) is 0 Å². The maximum absolute atomic E-state index is 5.12. The van der Waals surface area contributed by atoms with E-state index in [2.05, 4.69) is 31.4 Å². The summed E-state index contributed by atoms with van der Waals surface area (Å²) in [5.41, 5.74) is 5.14. The maximum atomic E-state index is 5.12. The van der Waals surface area contributed by atoms with Gasteiger partial charge in [0, 0.05) is 6.54 Å². The van der Waals surface area contributed by atoms with Crippen LogP contribution in [0.1, 0.15) is 20.8 Å². The van der Waals surface area contributed by atoms with Crippen molar-refractivity contribution < 1.29 is 0 Å². The first-order valence-corrected chi connectivity index (χ1v) is 3.41. The summed E-state index contributed by atoms with van der Waals surface area (Å²) in [6.07, 6.45) is 4.14. The molecule has 58 valence electrons. The number of nitrogens with one attached hydrogen (secondary N) is 1. The highest BCUT2D eigenvalue weighted by Gasteiger charge is 1.82. The van der Waals surface area contributed by atoms with Gasteiger partial charge < -0.3 is 0 Å². The molecule has 0 aromatic rings. The van der Waals surface area contributed by atoms with Crippen LogP contribution in [0.5, 0.6) is 0 Å². The quantitative estimate of drug-likeness (QED) is 0.353. The Morgan fingerprint density at radius 1 is 1.30 bits per heavy atom. The Morgan fingerprint density at radius 3 is 2.30 bits per heavy atom. The van der Waals surface area contributed by atoms with Crippen LogP contribution in [0, 0.1) is 0 Å². The Bertz CT molecular complexity index is 141. The van der Waals surface area contributed by atoms with Crippen LogP contribution in [0.3, 0.4) is 0 Å². The summed E-state index contributed by atoms with van der Waals surface area (Å²) in [4.78, 5) is 0. The van der Waals surface area contributed by atoms with Gasteiger partial charge in [0.1, 0.15) is 0 Å². The third kappa shape index (κ3) is 5.54. The second-order valence-electron chi connectivity index (χ2n) is 2.64. The van der Waals surface area contributed by atoms with Crippen LogP contribution in [0.2, 0.25) is 0 Å². The molecular formula is C8H16N2. The minimum Gasteiger partial charge on any atom is -0.271 e. The Balaban J connectivity index is 3.79. The summed E-state index contributed by atoms with van der Waals surface area (Å²) < 4.78 is 0. The molecular weight excluding hydrogens is 124 g/mol. The molecule has 0 aliphatic heterocycles. The Labute approximate surface area is 62.8 Å². The number of nitrogens with two attached hydrogens (primary N) is 1. The van der Waals surface area contributed by atoms with Crippen molar-refractivity contribution in [2.75, 3.05) is 6.54 Å². The molecule has 0 atom stereocenters. The molecule has 0 fully saturated rings. The fourth-order valence-electron chi connectivity index (χ4n) is 0.529. The number of hydrogen-bond donors (Lipinski definition) is 2. The second-order valence-corrected chi connectivity index (χ2v) is 2.64. The van der Waals surface area contributed by atoms with Gasteiger partial charge in [-0.1, -0.05) is 23.3 Å². The highest BCUT2D eigenvalue weighted by atomic mass is 15.2. The number of rotatable bonds is 3. The van der Waals surface area contributed by atoms with E-state index in [1.165, 1.54) is 11.1 Å². The topological polar surface area (TPSA) is 38.0 Å². The molecule has 10 heavy (non-hydrogen) atoms. The average Bonchev–Trinajstić information content (AvgIpc) is 1.85. The van der Waals surface area contributed by atoms with Gasteiger partial charge >= 0.3 is 0 Å². The molecule has 2 nitrogen and oxygen atoms in total. The van der Waals surface area contributed by atoms with Crippen molar-refractivity contribution in [2.24, 2.45) is 5.84 Å². The van der Waals surface area contributed by atoms with E-state index in [0.29, 0.717) is 0 Å². The molecule has 0 unspecified atom stereocenters. The van der Waals surface area contributed by atoms with E-state index >= 15 is 0 Å². The van der Waals surface area contributed by atoms with Crippen molar-refractivity contribution in [1.82, 2.24) is 5.43 Å². The highest BCUT2D eigenvalue weighted by molar-refractivity contribution is 5.14. The summed E-state index contributed by atoms with van der Waals surface area (Å²) in [6, 6.07) is 0. The summed E-state index contributed by atoms with van der Waals surface area (Å²) >= 11 is 0. The van der Waals surface area contributed by atoms with Crippen molar-refractivity contribution in [3.05, 3.63) is 23.3 Å². The lowest BCUT2D eigenvalue weighted by Crippen LogP contribution is -2.23. The smallest absolute Gasteiger partial charge is 0.0308 e. The van der Waals surface area contributed by atoms with Gasteiger partial charge in [0.2, 0.25) is 0 Å². The van der Waals surface area contributed by atoms with Crippen molar-refractivity contribution in [2.45, 2.75) is 20.8 Å². The van der Waals surface area contributed by atoms with Crippen LogP contribution < -0.4 is 11.3 Å². The molecule has 0 saturated carbocycles. The second kappa shape index (κ2) is 5.21. The minimum absolute atomic E-state index is 0.754. The molecule has 2 heteroatoms. The van der Waals surface area contributed by atoms with E-state index in [1.54, 1.807) is 0 Å². The molecule has 0 saturated heterocycles. The molecule has 0 spiro atoms. The molecule has 0 aliphatic carbocycles. The van der Waals surface area contributed by atoms with Crippen molar-refractivity contribution in [3.8, 4) is 0 Å². The van der Waals surface area contributed by atoms with Crippen LogP contribution in [-0.4, -0.2) is 6.54 Å². The summed E-state index contributed by atoms with van der Waals surface area (Å²) in [5.74, 6) is 5.12. The van der Waals surface area contributed by atoms with Crippen LogP contribution >= 0.6 is 0 Å². The van der Waals surface area contributed by atoms with Crippen LogP contribution in [0.25, 0.3) is 0 Å². The first kappa shape index (κ1) is 9.40. The van der Waals surface area contributed by atoms with Gasteiger partial charge in [-0.2, -0.15) is 0 Å². The fraction of sp³-hybridized carbons (Fsp3) is 0.500. The van der Waals surface area contributed by atoms with E-state index in [1.807, 2.05) is 6.92 Å². The van der Waals surface area contributed by atoms with E-state index in [-0.39, 0.29) is 0 Å². The largest absolute Gasteiger partial charge is 0.271 e. The van der Waals surface area contributed by atoms with E-state index in [4.69, 9.17) is 5.84 Å². The molecule has 0 aromatic carbocycles. The van der Waals surface area contributed by atoms with E-state index < -0.39 is 0 Å². The Morgan fingerprint density at radius 2 is 1.90 bits per heavy atom. The van der Waals surface area contributed by atoms with Gasteiger partial charge in [0.15, 0.2) is 0 Å². The third-order valence-corrected chi connectivity index (χ3v) is 1.08. The lowest BCUT2D eigenvalue weighted by atomic mass is 10.2. The molecule has 3 N–H and O–H groups in total. The zero-order chi connectivity index (χ0) is 7.98. The normalized spacial score (nSPS) is 11.4.